The first-order valence-corrected chi connectivity index (χ1v) is 7.27. The van der Waals surface area contributed by atoms with Crippen molar-refractivity contribution in [3.63, 3.8) is 0 Å². The number of nitrogens with one attached hydrogen (secondary N) is 2. The molecule has 0 radical (unpaired) electrons. The third kappa shape index (κ3) is 3.61. The lowest BCUT2D eigenvalue weighted by molar-refractivity contribution is -0.114. The van der Waals surface area contributed by atoms with E-state index in [-0.39, 0.29) is 18.4 Å². The quantitative estimate of drug-likeness (QED) is 0.793. The Morgan fingerprint density at radius 3 is 2.52 bits per heavy atom. The Labute approximate surface area is 124 Å². The molecule has 1 aromatic rings. The van der Waals surface area contributed by atoms with Gasteiger partial charge < -0.3 is 15.7 Å². The lowest BCUT2D eigenvalue weighted by Crippen LogP contribution is -2.49. The molecule has 0 heterocycles. The average molecular weight is 290 g/mol. The predicted molar refractivity (Wildman–Crippen MR) is 81.2 cm³/mol. The van der Waals surface area contributed by atoms with E-state index in [0.717, 1.165) is 31.2 Å². The highest BCUT2D eigenvalue weighted by Crippen LogP contribution is 2.29. The first-order chi connectivity index (χ1) is 9.96. The van der Waals surface area contributed by atoms with Crippen LogP contribution in [0.5, 0.6) is 0 Å². The summed E-state index contributed by atoms with van der Waals surface area (Å²) in [5, 5.41) is 15.2. The second-order valence-corrected chi connectivity index (χ2v) is 5.81. The molecular formula is C16H22N2O3. The van der Waals surface area contributed by atoms with Crippen molar-refractivity contribution in [3.8, 4) is 0 Å². The molecule has 114 valence electrons. The Kier molecular flexibility index (Phi) is 4.63. The van der Waals surface area contributed by atoms with E-state index in [9.17, 15) is 14.7 Å². The van der Waals surface area contributed by atoms with E-state index in [1.165, 1.54) is 6.92 Å². The van der Waals surface area contributed by atoms with Crippen LogP contribution < -0.4 is 10.6 Å². The molecule has 1 aromatic carbocycles. The van der Waals surface area contributed by atoms with Crippen molar-refractivity contribution < 1.29 is 14.7 Å². The van der Waals surface area contributed by atoms with E-state index in [1.807, 2.05) is 6.92 Å². The summed E-state index contributed by atoms with van der Waals surface area (Å²) in [6.07, 6.45) is 3.65. The van der Waals surface area contributed by atoms with Gasteiger partial charge in [-0.15, -0.1) is 0 Å². The van der Waals surface area contributed by atoms with Crippen LogP contribution in [0, 0.1) is 6.92 Å². The van der Waals surface area contributed by atoms with Crippen LogP contribution in [0.15, 0.2) is 18.2 Å². The molecule has 0 atom stereocenters. The molecule has 0 bridgehead atoms. The molecule has 0 aromatic heterocycles. The first-order valence-electron chi connectivity index (χ1n) is 7.27. The number of aliphatic hydroxyl groups excluding tert-OH is 1. The van der Waals surface area contributed by atoms with Crippen molar-refractivity contribution in [2.45, 2.75) is 45.1 Å². The average Bonchev–Trinajstić information content (AvgIpc) is 2.90. The number of aryl methyl sites for hydroxylation is 1. The van der Waals surface area contributed by atoms with Gasteiger partial charge in [0.25, 0.3) is 5.91 Å². The van der Waals surface area contributed by atoms with Gasteiger partial charge in [-0.25, -0.2) is 0 Å². The maximum absolute atomic E-state index is 12.4. The summed E-state index contributed by atoms with van der Waals surface area (Å²) < 4.78 is 0. The number of hydrogen-bond donors (Lipinski definition) is 3. The van der Waals surface area contributed by atoms with Gasteiger partial charge in [-0.3, -0.25) is 9.59 Å². The number of anilines is 1. The highest BCUT2D eigenvalue weighted by molar-refractivity contribution is 5.97. The lowest BCUT2D eigenvalue weighted by Gasteiger charge is -2.28. The molecule has 1 saturated carbocycles. The second-order valence-electron chi connectivity index (χ2n) is 5.81. The molecule has 0 spiro atoms. The fourth-order valence-electron chi connectivity index (χ4n) is 2.77. The lowest BCUT2D eigenvalue weighted by atomic mass is 9.98. The monoisotopic (exact) mass is 290 g/mol. The van der Waals surface area contributed by atoms with E-state index in [0.29, 0.717) is 11.3 Å². The molecule has 0 aliphatic heterocycles. The van der Waals surface area contributed by atoms with E-state index < -0.39 is 5.54 Å². The Morgan fingerprint density at radius 1 is 1.29 bits per heavy atom. The second kappa shape index (κ2) is 6.26. The molecule has 1 aliphatic rings. The predicted octanol–water partition coefficient (Wildman–Crippen LogP) is 1.99. The minimum absolute atomic E-state index is 0.0385. The summed E-state index contributed by atoms with van der Waals surface area (Å²) in [7, 11) is 0. The van der Waals surface area contributed by atoms with E-state index in [1.54, 1.807) is 18.2 Å². The minimum atomic E-state index is -0.490. The van der Waals surface area contributed by atoms with Crippen molar-refractivity contribution in [2.24, 2.45) is 0 Å². The van der Waals surface area contributed by atoms with Gasteiger partial charge in [0.1, 0.15) is 0 Å². The van der Waals surface area contributed by atoms with Crippen molar-refractivity contribution >= 4 is 17.5 Å². The Morgan fingerprint density at radius 2 is 1.95 bits per heavy atom. The zero-order chi connectivity index (χ0) is 15.5. The van der Waals surface area contributed by atoms with Crippen LogP contribution in [0.2, 0.25) is 0 Å². The highest BCUT2D eigenvalue weighted by Gasteiger charge is 2.34. The normalized spacial score (nSPS) is 16.5. The highest BCUT2D eigenvalue weighted by atomic mass is 16.3. The maximum atomic E-state index is 12.4. The SMILES string of the molecule is CC(=O)Nc1cc(C(=O)NC2(CO)CCCC2)ccc1C. The van der Waals surface area contributed by atoms with Gasteiger partial charge in [-0.1, -0.05) is 18.9 Å². The fourth-order valence-corrected chi connectivity index (χ4v) is 2.77. The number of rotatable bonds is 4. The van der Waals surface area contributed by atoms with Crippen LogP contribution in [-0.4, -0.2) is 29.1 Å². The van der Waals surface area contributed by atoms with Gasteiger partial charge in [0.2, 0.25) is 5.91 Å². The molecule has 2 amide bonds. The smallest absolute Gasteiger partial charge is 0.251 e. The summed E-state index contributed by atoms with van der Waals surface area (Å²) in [4.78, 5) is 23.6. The molecule has 2 rings (SSSR count). The fraction of sp³-hybridized carbons (Fsp3) is 0.500. The van der Waals surface area contributed by atoms with Crippen molar-refractivity contribution in [1.82, 2.24) is 5.32 Å². The molecule has 5 heteroatoms. The zero-order valence-electron chi connectivity index (χ0n) is 12.5. The van der Waals surface area contributed by atoms with Crippen molar-refractivity contribution in [1.29, 1.82) is 0 Å². The molecule has 1 fully saturated rings. The van der Waals surface area contributed by atoms with Crippen molar-refractivity contribution in [3.05, 3.63) is 29.3 Å². The van der Waals surface area contributed by atoms with Gasteiger partial charge >= 0.3 is 0 Å². The number of carbonyl (C=O) groups is 2. The molecule has 1 aliphatic carbocycles. The van der Waals surface area contributed by atoms with Gasteiger partial charge in [0, 0.05) is 18.2 Å². The summed E-state index contributed by atoms with van der Waals surface area (Å²) in [6.45, 7) is 3.27. The standard InChI is InChI=1S/C16H22N2O3/c1-11-5-6-13(9-14(11)17-12(2)20)15(21)18-16(10-19)7-3-4-8-16/h5-6,9,19H,3-4,7-8,10H2,1-2H3,(H,17,20)(H,18,21). The number of aliphatic hydroxyl groups is 1. The van der Waals surface area contributed by atoms with Gasteiger partial charge in [-0.05, 0) is 37.5 Å². The van der Waals surface area contributed by atoms with Crippen LogP contribution >= 0.6 is 0 Å². The number of carbonyl (C=O) groups excluding carboxylic acids is 2. The Bertz CT molecular complexity index is 548. The van der Waals surface area contributed by atoms with E-state index in [4.69, 9.17) is 0 Å². The van der Waals surface area contributed by atoms with Gasteiger partial charge in [-0.2, -0.15) is 0 Å². The zero-order valence-corrected chi connectivity index (χ0v) is 12.5. The molecular weight excluding hydrogens is 268 g/mol. The van der Waals surface area contributed by atoms with Crippen LogP contribution in [0.1, 0.15) is 48.5 Å². The van der Waals surface area contributed by atoms with Crippen LogP contribution in [0.4, 0.5) is 5.69 Å². The van der Waals surface area contributed by atoms with Crippen LogP contribution in [-0.2, 0) is 4.79 Å². The van der Waals surface area contributed by atoms with Gasteiger partial charge in [0.05, 0.1) is 12.1 Å². The minimum Gasteiger partial charge on any atom is -0.394 e. The first kappa shape index (κ1) is 15.5. The van der Waals surface area contributed by atoms with Crippen LogP contribution in [0.3, 0.4) is 0 Å². The van der Waals surface area contributed by atoms with Crippen LogP contribution in [0.25, 0.3) is 0 Å². The van der Waals surface area contributed by atoms with Gasteiger partial charge in [0.15, 0.2) is 0 Å². The molecule has 21 heavy (non-hydrogen) atoms. The molecule has 3 N–H and O–H groups in total. The third-order valence-electron chi connectivity index (χ3n) is 4.05. The number of amides is 2. The van der Waals surface area contributed by atoms with Crippen molar-refractivity contribution in [2.75, 3.05) is 11.9 Å². The molecule has 0 saturated heterocycles. The van der Waals surface area contributed by atoms with E-state index >= 15 is 0 Å². The number of benzene rings is 1. The Balaban J connectivity index is 2.17. The Hall–Kier alpha value is -1.88. The van der Waals surface area contributed by atoms with E-state index in [2.05, 4.69) is 10.6 Å². The molecule has 0 unspecified atom stereocenters. The third-order valence-corrected chi connectivity index (χ3v) is 4.05. The maximum Gasteiger partial charge on any atom is 0.251 e. The summed E-state index contributed by atoms with van der Waals surface area (Å²) in [5.41, 5.74) is 1.54. The molecule has 5 nitrogen and oxygen atoms in total. The summed E-state index contributed by atoms with van der Waals surface area (Å²) >= 11 is 0. The summed E-state index contributed by atoms with van der Waals surface area (Å²) in [5.74, 6) is -0.379. The topological polar surface area (TPSA) is 78.4 Å². The summed E-state index contributed by atoms with van der Waals surface area (Å²) in [6, 6.07) is 5.21. The number of hydrogen-bond acceptors (Lipinski definition) is 3. The largest absolute Gasteiger partial charge is 0.394 e.